The predicted octanol–water partition coefficient (Wildman–Crippen LogP) is -0.371. The van der Waals surface area contributed by atoms with Crippen LogP contribution in [0.5, 0.6) is 0 Å². The van der Waals surface area contributed by atoms with E-state index in [1.807, 2.05) is 4.90 Å². The number of hydrogen-bond acceptors (Lipinski definition) is 4. The minimum atomic E-state index is -0.794. The molecule has 0 aromatic rings. The summed E-state index contributed by atoms with van der Waals surface area (Å²) >= 11 is 0. The third-order valence-corrected chi connectivity index (χ3v) is 3.32. The lowest BCUT2D eigenvalue weighted by Gasteiger charge is -2.35. The van der Waals surface area contributed by atoms with Gasteiger partial charge in [0.15, 0.2) is 0 Å². The fourth-order valence-corrected chi connectivity index (χ4v) is 1.85. The number of nitrogens with one attached hydrogen (secondary N) is 2. The van der Waals surface area contributed by atoms with E-state index in [-0.39, 0.29) is 12.5 Å². The molecule has 0 spiro atoms. The zero-order chi connectivity index (χ0) is 13.8. The van der Waals surface area contributed by atoms with Gasteiger partial charge in [-0.25, -0.2) is 4.79 Å². The fourth-order valence-electron chi connectivity index (χ4n) is 1.85. The average molecular weight is 257 g/mol. The molecule has 1 rings (SSSR count). The normalized spacial score (nSPS) is 19.0. The topological polar surface area (TPSA) is 98.7 Å². The molecule has 0 saturated carbocycles. The first kappa shape index (κ1) is 14.4. The molecule has 1 saturated heterocycles. The highest BCUT2D eigenvalue weighted by molar-refractivity contribution is 5.95. The van der Waals surface area contributed by atoms with Crippen LogP contribution in [0.1, 0.15) is 19.8 Å². The molecule has 7 heteroatoms. The van der Waals surface area contributed by atoms with Crippen LogP contribution in [0.15, 0.2) is 0 Å². The Morgan fingerprint density at radius 2 is 1.83 bits per heavy atom. The summed E-state index contributed by atoms with van der Waals surface area (Å²) in [5.41, 5.74) is -0.701. The Kier molecular flexibility index (Phi) is 4.66. The second-order valence-electron chi connectivity index (χ2n) is 4.77. The van der Waals surface area contributed by atoms with E-state index in [9.17, 15) is 14.4 Å². The van der Waals surface area contributed by atoms with Gasteiger partial charge >= 0.3 is 12.0 Å². The Balaban J connectivity index is 2.38. The van der Waals surface area contributed by atoms with Crippen LogP contribution in [-0.4, -0.2) is 54.6 Å². The van der Waals surface area contributed by atoms with E-state index in [2.05, 4.69) is 10.6 Å². The van der Waals surface area contributed by atoms with Crippen molar-refractivity contribution in [1.82, 2.24) is 15.5 Å². The number of carboxylic acid groups (broad SMARTS) is 1. The SMILES string of the molecule is CNC(=O)NC(=O)CN1CCC(C)(C(=O)O)CC1. The van der Waals surface area contributed by atoms with Crippen molar-refractivity contribution >= 4 is 17.9 Å². The molecule has 18 heavy (non-hydrogen) atoms. The Hall–Kier alpha value is -1.63. The molecule has 0 unspecified atom stereocenters. The highest BCUT2D eigenvalue weighted by Gasteiger charge is 2.37. The van der Waals surface area contributed by atoms with Crippen molar-refractivity contribution in [3.63, 3.8) is 0 Å². The van der Waals surface area contributed by atoms with Crippen molar-refractivity contribution in [1.29, 1.82) is 0 Å². The Morgan fingerprint density at radius 3 is 2.28 bits per heavy atom. The zero-order valence-corrected chi connectivity index (χ0v) is 10.7. The van der Waals surface area contributed by atoms with Crippen LogP contribution < -0.4 is 10.6 Å². The van der Waals surface area contributed by atoms with E-state index in [4.69, 9.17) is 5.11 Å². The van der Waals surface area contributed by atoms with Crippen LogP contribution >= 0.6 is 0 Å². The molecule has 7 nitrogen and oxygen atoms in total. The maximum atomic E-state index is 11.4. The molecule has 0 atom stereocenters. The summed E-state index contributed by atoms with van der Waals surface area (Å²) in [6.07, 6.45) is 1.02. The lowest BCUT2D eigenvalue weighted by molar-refractivity contribution is -0.150. The minimum Gasteiger partial charge on any atom is -0.481 e. The van der Waals surface area contributed by atoms with Gasteiger partial charge in [-0.2, -0.15) is 0 Å². The zero-order valence-electron chi connectivity index (χ0n) is 10.7. The van der Waals surface area contributed by atoms with E-state index >= 15 is 0 Å². The first-order chi connectivity index (χ1) is 8.37. The molecule has 3 N–H and O–H groups in total. The van der Waals surface area contributed by atoms with E-state index in [1.54, 1.807) is 6.92 Å². The number of piperidine rings is 1. The highest BCUT2D eigenvalue weighted by atomic mass is 16.4. The van der Waals surface area contributed by atoms with Crippen molar-refractivity contribution < 1.29 is 19.5 Å². The average Bonchev–Trinajstić information content (AvgIpc) is 2.32. The molecule has 1 aliphatic rings. The second kappa shape index (κ2) is 5.81. The smallest absolute Gasteiger partial charge is 0.321 e. The number of rotatable bonds is 3. The molecular formula is C11H19N3O4. The Morgan fingerprint density at radius 1 is 1.28 bits per heavy atom. The van der Waals surface area contributed by atoms with Gasteiger partial charge in [0.1, 0.15) is 0 Å². The molecule has 0 bridgehead atoms. The molecule has 102 valence electrons. The number of imide groups is 1. The minimum absolute atomic E-state index is 0.114. The number of likely N-dealkylation sites (tertiary alicyclic amines) is 1. The number of hydrogen-bond donors (Lipinski definition) is 3. The first-order valence-electron chi connectivity index (χ1n) is 5.85. The number of carboxylic acids is 1. The number of urea groups is 1. The van der Waals surface area contributed by atoms with Gasteiger partial charge in [0.2, 0.25) is 5.91 Å². The molecule has 0 aromatic heterocycles. The second-order valence-corrected chi connectivity index (χ2v) is 4.77. The Labute approximate surface area is 106 Å². The van der Waals surface area contributed by atoms with Gasteiger partial charge in [-0.3, -0.25) is 19.8 Å². The van der Waals surface area contributed by atoms with Gasteiger partial charge in [-0.1, -0.05) is 0 Å². The van der Waals surface area contributed by atoms with Crippen LogP contribution in [0.3, 0.4) is 0 Å². The lowest BCUT2D eigenvalue weighted by atomic mass is 9.80. The Bertz CT molecular complexity index is 348. The number of nitrogens with zero attached hydrogens (tertiary/aromatic N) is 1. The van der Waals surface area contributed by atoms with Gasteiger partial charge < -0.3 is 10.4 Å². The molecule has 1 heterocycles. The summed E-state index contributed by atoms with van der Waals surface area (Å²) in [4.78, 5) is 35.3. The first-order valence-corrected chi connectivity index (χ1v) is 5.85. The van der Waals surface area contributed by atoms with Crippen molar-refractivity contribution in [3.8, 4) is 0 Å². The number of carbonyl (C=O) groups is 3. The molecular weight excluding hydrogens is 238 g/mol. The van der Waals surface area contributed by atoms with Gasteiger partial charge in [0.05, 0.1) is 12.0 Å². The summed E-state index contributed by atoms with van der Waals surface area (Å²) in [7, 11) is 1.43. The summed E-state index contributed by atoms with van der Waals surface area (Å²) in [6.45, 7) is 2.92. The fraction of sp³-hybridized carbons (Fsp3) is 0.727. The maximum absolute atomic E-state index is 11.4. The largest absolute Gasteiger partial charge is 0.481 e. The van der Waals surface area contributed by atoms with Crippen molar-refractivity contribution in [2.45, 2.75) is 19.8 Å². The van der Waals surface area contributed by atoms with Crippen molar-refractivity contribution in [3.05, 3.63) is 0 Å². The summed E-state index contributed by atoms with van der Waals surface area (Å²) in [5.74, 6) is -1.18. The number of amides is 3. The number of carbonyl (C=O) groups excluding carboxylic acids is 2. The monoisotopic (exact) mass is 257 g/mol. The van der Waals surface area contributed by atoms with Crippen LogP contribution in [0.2, 0.25) is 0 Å². The molecule has 1 aliphatic heterocycles. The molecule has 0 radical (unpaired) electrons. The van der Waals surface area contributed by atoms with E-state index in [0.29, 0.717) is 25.9 Å². The highest BCUT2D eigenvalue weighted by Crippen LogP contribution is 2.30. The quantitative estimate of drug-likeness (QED) is 0.640. The summed E-state index contributed by atoms with van der Waals surface area (Å²) in [5, 5.41) is 13.5. The lowest BCUT2D eigenvalue weighted by Crippen LogP contribution is -2.48. The van der Waals surface area contributed by atoms with Crippen LogP contribution in [-0.2, 0) is 9.59 Å². The van der Waals surface area contributed by atoms with Gasteiger partial charge in [-0.15, -0.1) is 0 Å². The van der Waals surface area contributed by atoms with Crippen LogP contribution in [0, 0.1) is 5.41 Å². The maximum Gasteiger partial charge on any atom is 0.321 e. The van der Waals surface area contributed by atoms with Crippen LogP contribution in [0.25, 0.3) is 0 Å². The summed E-state index contributed by atoms with van der Waals surface area (Å²) < 4.78 is 0. The molecule has 3 amide bonds. The van der Waals surface area contributed by atoms with E-state index in [0.717, 1.165) is 0 Å². The van der Waals surface area contributed by atoms with Gasteiger partial charge in [-0.05, 0) is 32.9 Å². The predicted molar refractivity (Wildman–Crippen MR) is 64.0 cm³/mol. The standard InChI is InChI=1S/C11H19N3O4/c1-11(9(16)17)3-5-14(6-4-11)7-8(15)13-10(18)12-2/h3-7H2,1-2H3,(H,16,17)(H2,12,13,15,18). The third-order valence-electron chi connectivity index (χ3n) is 3.32. The molecule has 1 fully saturated rings. The van der Waals surface area contributed by atoms with Crippen molar-refractivity contribution in [2.75, 3.05) is 26.7 Å². The molecule has 0 aliphatic carbocycles. The van der Waals surface area contributed by atoms with Crippen molar-refractivity contribution in [2.24, 2.45) is 5.41 Å². The third kappa shape index (κ3) is 3.69. The molecule has 0 aromatic carbocycles. The van der Waals surface area contributed by atoms with Gasteiger partial charge in [0, 0.05) is 7.05 Å². The summed E-state index contributed by atoms with van der Waals surface area (Å²) in [6, 6.07) is -0.535. The van der Waals surface area contributed by atoms with E-state index in [1.165, 1.54) is 7.05 Å². The van der Waals surface area contributed by atoms with Gasteiger partial charge in [0.25, 0.3) is 0 Å². The van der Waals surface area contributed by atoms with E-state index < -0.39 is 17.4 Å². The number of aliphatic carboxylic acids is 1. The van der Waals surface area contributed by atoms with Crippen LogP contribution in [0.4, 0.5) is 4.79 Å².